The third-order valence-electron chi connectivity index (χ3n) is 2.43. The number of nitriles is 1. The van der Waals surface area contributed by atoms with Gasteiger partial charge in [-0.2, -0.15) is 5.26 Å². The van der Waals surface area contributed by atoms with E-state index < -0.39 is 0 Å². The van der Waals surface area contributed by atoms with Crippen molar-refractivity contribution in [3.05, 3.63) is 52.8 Å². The van der Waals surface area contributed by atoms with Gasteiger partial charge in [-0.15, -0.1) is 0 Å². The van der Waals surface area contributed by atoms with Crippen molar-refractivity contribution >= 4 is 17.3 Å². The highest BCUT2D eigenvalue weighted by Crippen LogP contribution is 2.23. The predicted molar refractivity (Wildman–Crippen MR) is 64.1 cm³/mol. The third-order valence-corrected chi connectivity index (χ3v) is 2.78. The largest absolute Gasteiger partial charge is 0.398 e. The summed E-state index contributed by atoms with van der Waals surface area (Å²) in [4.78, 5) is 0. The number of hydrogen-bond acceptors (Lipinski definition) is 2. The van der Waals surface area contributed by atoms with Crippen LogP contribution in [0.25, 0.3) is 0 Å². The van der Waals surface area contributed by atoms with Gasteiger partial charge in [0.2, 0.25) is 0 Å². The first-order valence-corrected chi connectivity index (χ1v) is 5.18. The lowest BCUT2D eigenvalue weighted by Crippen LogP contribution is -2.04. The summed E-state index contributed by atoms with van der Waals surface area (Å²) in [6, 6.07) is 11.1. The molecule has 0 aliphatic rings. The summed E-state index contributed by atoms with van der Waals surface area (Å²) in [5.74, 6) is 0. The summed E-state index contributed by atoms with van der Waals surface area (Å²) in [5.41, 5.74) is 7.93. The van der Waals surface area contributed by atoms with Crippen LogP contribution in [-0.4, -0.2) is 4.57 Å². The summed E-state index contributed by atoms with van der Waals surface area (Å²) < 4.78 is 1.82. The van der Waals surface area contributed by atoms with Crippen molar-refractivity contribution in [3.8, 4) is 6.07 Å². The zero-order valence-corrected chi connectivity index (χ0v) is 9.28. The SMILES string of the molecule is N#Cc1cccn1Cc1c(N)cccc1Cl. The van der Waals surface area contributed by atoms with Gasteiger partial charge >= 0.3 is 0 Å². The summed E-state index contributed by atoms with van der Waals surface area (Å²) >= 11 is 6.07. The lowest BCUT2D eigenvalue weighted by atomic mass is 10.2. The molecule has 0 spiro atoms. The number of nitrogen functional groups attached to an aromatic ring is 1. The summed E-state index contributed by atoms with van der Waals surface area (Å²) in [6.07, 6.45) is 1.83. The molecule has 16 heavy (non-hydrogen) atoms. The van der Waals surface area contributed by atoms with Crippen LogP contribution in [0.1, 0.15) is 11.3 Å². The zero-order valence-electron chi connectivity index (χ0n) is 8.52. The van der Waals surface area contributed by atoms with Crippen LogP contribution in [0.5, 0.6) is 0 Å². The van der Waals surface area contributed by atoms with E-state index in [1.54, 1.807) is 18.2 Å². The van der Waals surface area contributed by atoms with Crippen molar-refractivity contribution in [2.24, 2.45) is 0 Å². The first kappa shape index (κ1) is 10.6. The van der Waals surface area contributed by atoms with Crippen molar-refractivity contribution < 1.29 is 0 Å². The van der Waals surface area contributed by atoms with Crippen LogP contribution >= 0.6 is 11.6 Å². The van der Waals surface area contributed by atoms with Gasteiger partial charge in [0.25, 0.3) is 0 Å². The maximum atomic E-state index is 8.89. The second-order valence-electron chi connectivity index (χ2n) is 3.44. The minimum absolute atomic E-state index is 0.515. The van der Waals surface area contributed by atoms with Gasteiger partial charge in [0.05, 0.1) is 6.54 Å². The molecule has 4 heteroatoms. The van der Waals surface area contributed by atoms with E-state index in [2.05, 4.69) is 6.07 Å². The minimum Gasteiger partial charge on any atom is -0.398 e. The number of hydrogen-bond donors (Lipinski definition) is 1. The fourth-order valence-corrected chi connectivity index (χ4v) is 1.81. The maximum absolute atomic E-state index is 8.89. The summed E-state index contributed by atoms with van der Waals surface area (Å²) in [7, 11) is 0. The molecular weight excluding hydrogens is 222 g/mol. The quantitative estimate of drug-likeness (QED) is 0.808. The highest BCUT2D eigenvalue weighted by atomic mass is 35.5. The van der Waals surface area contributed by atoms with Crippen molar-refractivity contribution in [1.82, 2.24) is 4.57 Å². The zero-order chi connectivity index (χ0) is 11.5. The van der Waals surface area contributed by atoms with Crippen molar-refractivity contribution in [1.29, 1.82) is 5.26 Å². The molecule has 2 N–H and O–H groups in total. The Morgan fingerprint density at radius 2 is 2.12 bits per heavy atom. The molecule has 0 unspecified atom stereocenters. The molecule has 0 aliphatic carbocycles. The molecule has 80 valence electrons. The second-order valence-corrected chi connectivity index (χ2v) is 3.85. The number of halogens is 1. The predicted octanol–water partition coefficient (Wildman–Crippen LogP) is 2.64. The highest BCUT2D eigenvalue weighted by molar-refractivity contribution is 6.31. The minimum atomic E-state index is 0.515. The van der Waals surface area contributed by atoms with Crippen LogP contribution in [0.3, 0.4) is 0 Å². The molecule has 2 aromatic rings. The summed E-state index contributed by atoms with van der Waals surface area (Å²) in [5, 5.41) is 9.51. The Hall–Kier alpha value is -1.92. The van der Waals surface area contributed by atoms with Crippen molar-refractivity contribution in [2.45, 2.75) is 6.54 Å². The number of benzene rings is 1. The molecule has 0 fully saturated rings. The van der Waals surface area contributed by atoms with E-state index in [-0.39, 0.29) is 0 Å². The topological polar surface area (TPSA) is 54.7 Å². The second kappa shape index (κ2) is 4.30. The van der Waals surface area contributed by atoms with Gasteiger partial charge in [-0.1, -0.05) is 17.7 Å². The van der Waals surface area contributed by atoms with E-state index in [9.17, 15) is 0 Å². The van der Waals surface area contributed by atoms with Gasteiger partial charge in [-0.25, -0.2) is 0 Å². The van der Waals surface area contributed by atoms with Crippen LogP contribution in [0.15, 0.2) is 36.5 Å². The Morgan fingerprint density at radius 1 is 1.31 bits per heavy atom. The van der Waals surface area contributed by atoms with E-state index in [0.717, 1.165) is 5.56 Å². The molecule has 3 nitrogen and oxygen atoms in total. The molecule has 1 heterocycles. The fraction of sp³-hybridized carbons (Fsp3) is 0.0833. The number of aromatic nitrogens is 1. The van der Waals surface area contributed by atoms with Crippen LogP contribution in [0.2, 0.25) is 5.02 Å². The molecule has 0 aliphatic heterocycles. The molecule has 2 rings (SSSR count). The van der Waals surface area contributed by atoms with Crippen LogP contribution in [0.4, 0.5) is 5.69 Å². The Labute approximate surface area is 98.7 Å². The number of nitrogens with two attached hydrogens (primary N) is 1. The Morgan fingerprint density at radius 3 is 2.81 bits per heavy atom. The van der Waals surface area contributed by atoms with Crippen molar-refractivity contribution in [2.75, 3.05) is 5.73 Å². The number of anilines is 1. The Bertz CT molecular complexity index is 531. The van der Waals surface area contributed by atoms with E-state index in [4.69, 9.17) is 22.6 Å². The standard InChI is InChI=1S/C12H10ClN3/c13-11-4-1-5-12(15)10(11)8-16-6-2-3-9(16)7-14/h1-6H,8,15H2. The molecule has 0 amide bonds. The highest BCUT2D eigenvalue weighted by Gasteiger charge is 2.07. The van der Waals surface area contributed by atoms with Crippen LogP contribution < -0.4 is 5.73 Å². The molecule has 1 aromatic heterocycles. The molecule has 0 saturated heterocycles. The van der Waals surface area contributed by atoms with Gasteiger partial charge in [-0.05, 0) is 24.3 Å². The lowest BCUT2D eigenvalue weighted by Gasteiger charge is -2.09. The van der Waals surface area contributed by atoms with E-state index in [1.165, 1.54) is 0 Å². The number of nitrogens with zero attached hydrogens (tertiary/aromatic N) is 2. The molecule has 0 atom stereocenters. The van der Waals surface area contributed by atoms with Crippen LogP contribution in [-0.2, 0) is 6.54 Å². The van der Waals surface area contributed by atoms with Gasteiger partial charge in [-0.3, -0.25) is 0 Å². The molecule has 0 saturated carbocycles. The fourth-order valence-electron chi connectivity index (χ4n) is 1.57. The van der Waals surface area contributed by atoms with E-state index in [0.29, 0.717) is 22.9 Å². The van der Waals surface area contributed by atoms with E-state index >= 15 is 0 Å². The lowest BCUT2D eigenvalue weighted by molar-refractivity contribution is 0.795. The van der Waals surface area contributed by atoms with Crippen LogP contribution in [0, 0.1) is 11.3 Å². The van der Waals surface area contributed by atoms with Gasteiger partial charge in [0, 0.05) is 22.5 Å². The third kappa shape index (κ3) is 1.88. The molecule has 0 radical (unpaired) electrons. The average molecular weight is 232 g/mol. The van der Waals surface area contributed by atoms with Gasteiger partial charge in [0.15, 0.2) is 0 Å². The normalized spacial score (nSPS) is 10.0. The smallest absolute Gasteiger partial charge is 0.120 e. The maximum Gasteiger partial charge on any atom is 0.120 e. The molecule has 1 aromatic carbocycles. The number of rotatable bonds is 2. The Kier molecular flexibility index (Phi) is 2.84. The molecule has 0 bridgehead atoms. The molecular formula is C12H10ClN3. The van der Waals surface area contributed by atoms with Gasteiger partial charge < -0.3 is 10.3 Å². The van der Waals surface area contributed by atoms with Gasteiger partial charge in [0.1, 0.15) is 11.8 Å². The Balaban J connectivity index is 2.38. The average Bonchev–Trinajstić information content (AvgIpc) is 2.71. The monoisotopic (exact) mass is 231 g/mol. The summed E-state index contributed by atoms with van der Waals surface area (Å²) in [6.45, 7) is 0.515. The van der Waals surface area contributed by atoms with E-state index in [1.807, 2.05) is 22.9 Å². The first-order valence-electron chi connectivity index (χ1n) is 4.80. The van der Waals surface area contributed by atoms with Crippen molar-refractivity contribution in [3.63, 3.8) is 0 Å². The first-order chi connectivity index (χ1) is 7.72.